The average molecular weight is 321 g/mol. The number of rotatable bonds is 4. The summed E-state index contributed by atoms with van der Waals surface area (Å²) >= 11 is 1.61. The highest BCUT2D eigenvalue weighted by Gasteiger charge is 2.34. The Bertz CT molecular complexity index is 559. The summed E-state index contributed by atoms with van der Waals surface area (Å²) < 4.78 is 5.14. The van der Waals surface area contributed by atoms with Gasteiger partial charge in [-0.25, -0.2) is 4.79 Å². The lowest BCUT2D eigenvalue weighted by Crippen LogP contribution is -2.48. The third-order valence-electron chi connectivity index (χ3n) is 4.00. The largest absolute Gasteiger partial charge is 0.464 e. The maximum atomic E-state index is 12.9. The lowest BCUT2D eigenvalue weighted by molar-refractivity contribution is -0.149. The topological polar surface area (TPSA) is 46.6 Å². The molecule has 1 saturated heterocycles. The zero-order valence-corrected chi connectivity index (χ0v) is 14.2. The molecule has 0 spiro atoms. The Balaban J connectivity index is 2.27. The number of nitrogens with zero attached hydrogens (tertiary/aromatic N) is 1. The minimum atomic E-state index is -0.446. The van der Waals surface area contributed by atoms with Crippen molar-refractivity contribution in [1.82, 2.24) is 4.90 Å². The molecule has 0 saturated carbocycles. The van der Waals surface area contributed by atoms with E-state index in [9.17, 15) is 9.59 Å². The van der Waals surface area contributed by atoms with Gasteiger partial charge in [0, 0.05) is 17.0 Å². The molecule has 1 atom stereocenters. The summed E-state index contributed by atoms with van der Waals surface area (Å²) in [5.41, 5.74) is 1.62. The summed E-state index contributed by atoms with van der Waals surface area (Å²) in [5, 5.41) is 0. The number of aryl methyl sites for hydroxylation is 1. The Hall–Kier alpha value is -1.49. The number of hydrogen-bond acceptors (Lipinski definition) is 4. The molecule has 1 aromatic carbocycles. The number of esters is 1. The first-order valence-electron chi connectivity index (χ1n) is 7.70. The van der Waals surface area contributed by atoms with Gasteiger partial charge >= 0.3 is 5.97 Å². The highest BCUT2D eigenvalue weighted by atomic mass is 32.2. The SMILES string of the molecule is CCOC(=O)[C@@H]1CCCCN1C(=O)c1cc(SC)ccc1C. The van der Waals surface area contributed by atoms with E-state index in [1.807, 2.05) is 31.4 Å². The molecule has 22 heavy (non-hydrogen) atoms. The molecule has 4 nitrogen and oxygen atoms in total. The van der Waals surface area contributed by atoms with Gasteiger partial charge in [0.15, 0.2) is 0 Å². The zero-order chi connectivity index (χ0) is 16.1. The van der Waals surface area contributed by atoms with Crippen LogP contribution in [-0.2, 0) is 9.53 Å². The molecule has 1 fully saturated rings. The maximum Gasteiger partial charge on any atom is 0.328 e. The first-order valence-corrected chi connectivity index (χ1v) is 8.93. The van der Waals surface area contributed by atoms with Crippen molar-refractivity contribution in [2.75, 3.05) is 19.4 Å². The van der Waals surface area contributed by atoms with Crippen LogP contribution < -0.4 is 0 Å². The second-order valence-electron chi connectivity index (χ2n) is 5.44. The van der Waals surface area contributed by atoms with Crippen molar-refractivity contribution in [3.8, 4) is 0 Å². The van der Waals surface area contributed by atoms with Crippen LogP contribution in [0.3, 0.4) is 0 Å². The summed E-state index contributed by atoms with van der Waals surface area (Å²) in [6, 6.07) is 5.44. The number of likely N-dealkylation sites (tertiary alicyclic amines) is 1. The van der Waals surface area contributed by atoms with Gasteiger partial charge in [-0.2, -0.15) is 0 Å². The van der Waals surface area contributed by atoms with E-state index in [-0.39, 0.29) is 11.9 Å². The van der Waals surface area contributed by atoms with Crippen LogP contribution in [0, 0.1) is 6.92 Å². The average Bonchev–Trinajstić information content (AvgIpc) is 2.55. The normalized spacial score (nSPS) is 18.1. The van der Waals surface area contributed by atoms with Crippen LogP contribution in [0.15, 0.2) is 23.1 Å². The van der Waals surface area contributed by atoms with Gasteiger partial charge in [0.05, 0.1) is 6.61 Å². The second kappa shape index (κ2) is 7.68. The van der Waals surface area contributed by atoms with Gasteiger partial charge in [0.2, 0.25) is 0 Å². The van der Waals surface area contributed by atoms with Gasteiger partial charge in [0.1, 0.15) is 6.04 Å². The number of carbonyl (C=O) groups excluding carboxylic acids is 2. The molecule has 1 aromatic rings. The standard InChI is InChI=1S/C17H23NO3S/c1-4-21-17(20)15-7-5-6-10-18(15)16(19)14-11-13(22-3)9-8-12(14)2/h8-9,11,15H,4-7,10H2,1-3H3/t15-/m0/s1. The lowest BCUT2D eigenvalue weighted by Gasteiger charge is -2.34. The van der Waals surface area contributed by atoms with E-state index in [4.69, 9.17) is 4.74 Å². The smallest absolute Gasteiger partial charge is 0.328 e. The molecule has 1 aliphatic rings. The van der Waals surface area contributed by atoms with Crippen molar-refractivity contribution in [2.45, 2.75) is 44.0 Å². The van der Waals surface area contributed by atoms with E-state index >= 15 is 0 Å². The first kappa shape index (κ1) is 16.9. The van der Waals surface area contributed by atoms with E-state index in [1.165, 1.54) is 0 Å². The van der Waals surface area contributed by atoms with Crippen LogP contribution in [0.1, 0.15) is 42.1 Å². The Morgan fingerprint density at radius 3 is 2.82 bits per heavy atom. The monoisotopic (exact) mass is 321 g/mol. The van der Waals surface area contributed by atoms with Gasteiger partial charge in [0.25, 0.3) is 5.91 Å². The quantitative estimate of drug-likeness (QED) is 0.631. The van der Waals surface area contributed by atoms with E-state index in [2.05, 4.69) is 0 Å². The summed E-state index contributed by atoms with van der Waals surface area (Å²) in [5.74, 6) is -0.347. The highest BCUT2D eigenvalue weighted by Crippen LogP contribution is 2.25. The van der Waals surface area contributed by atoms with E-state index < -0.39 is 6.04 Å². The molecule has 0 bridgehead atoms. The molecule has 0 aliphatic carbocycles. The Morgan fingerprint density at radius 2 is 2.14 bits per heavy atom. The van der Waals surface area contributed by atoms with E-state index in [0.29, 0.717) is 25.1 Å². The maximum absolute atomic E-state index is 12.9. The van der Waals surface area contributed by atoms with Crippen LogP contribution in [0.25, 0.3) is 0 Å². The number of ether oxygens (including phenoxy) is 1. The van der Waals surface area contributed by atoms with E-state index in [1.54, 1.807) is 23.6 Å². The molecule has 0 radical (unpaired) electrons. The van der Waals surface area contributed by atoms with Gasteiger partial charge in [-0.05, 0) is 57.1 Å². The van der Waals surface area contributed by atoms with Gasteiger partial charge < -0.3 is 9.64 Å². The Morgan fingerprint density at radius 1 is 1.36 bits per heavy atom. The van der Waals surface area contributed by atoms with Crippen molar-refractivity contribution in [2.24, 2.45) is 0 Å². The van der Waals surface area contributed by atoms with Crippen LogP contribution in [-0.4, -0.2) is 42.2 Å². The lowest BCUT2D eigenvalue weighted by atomic mass is 9.99. The zero-order valence-electron chi connectivity index (χ0n) is 13.4. The molecule has 0 N–H and O–H groups in total. The first-order chi connectivity index (χ1) is 10.6. The van der Waals surface area contributed by atoms with E-state index in [0.717, 1.165) is 23.3 Å². The third kappa shape index (κ3) is 3.64. The number of carbonyl (C=O) groups is 2. The van der Waals surface area contributed by atoms with Crippen molar-refractivity contribution >= 4 is 23.6 Å². The molecule has 120 valence electrons. The third-order valence-corrected chi connectivity index (χ3v) is 4.72. The van der Waals surface area contributed by atoms with Crippen molar-refractivity contribution < 1.29 is 14.3 Å². The molecule has 5 heteroatoms. The summed E-state index contributed by atoms with van der Waals surface area (Å²) in [6.07, 6.45) is 4.56. The minimum Gasteiger partial charge on any atom is -0.464 e. The van der Waals surface area contributed by atoms with Crippen molar-refractivity contribution in [1.29, 1.82) is 0 Å². The molecule has 1 heterocycles. The van der Waals surface area contributed by atoms with Gasteiger partial charge in [-0.1, -0.05) is 6.07 Å². The number of amides is 1. The fourth-order valence-electron chi connectivity index (χ4n) is 2.77. The predicted octanol–water partition coefficient (Wildman–Crippen LogP) is 3.27. The molecule has 2 rings (SSSR count). The molecule has 1 aliphatic heterocycles. The minimum absolute atomic E-state index is 0.0637. The number of hydrogen-bond donors (Lipinski definition) is 0. The van der Waals surface area contributed by atoms with Crippen LogP contribution in [0.2, 0.25) is 0 Å². The van der Waals surface area contributed by atoms with Crippen LogP contribution in [0.4, 0.5) is 0 Å². The fraction of sp³-hybridized carbons (Fsp3) is 0.529. The van der Waals surface area contributed by atoms with Gasteiger partial charge in [-0.3, -0.25) is 4.79 Å². The summed E-state index contributed by atoms with van der Waals surface area (Å²) in [7, 11) is 0. The molecular weight excluding hydrogens is 298 g/mol. The van der Waals surface area contributed by atoms with Crippen molar-refractivity contribution in [3.05, 3.63) is 29.3 Å². The highest BCUT2D eigenvalue weighted by molar-refractivity contribution is 7.98. The number of thioether (sulfide) groups is 1. The fourth-order valence-corrected chi connectivity index (χ4v) is 3.21. The van der Waals surface area contributed by atoms with Crippen molar-refractivity contribution in [3.63, 3.8) is 0 Å². The predicted molar refractivity (Wildman–Crippen MR) is 88.3 cm³/mol. The number of piperidine rings is 1. The van der Waals surface area contributed by atoms with Crippen LogP contribution >= 0.6 is 11.8 Å². The molecular formula is C17H23NO3S. The Labute approximate surface area is 136 Å². The number of benzene rings is 1. The van der Waals surface area contributed by atoms with Gasteiger partial charge in [-0.15, -0.1) is 11.8 Å². The van der Waals surface area contributed by atoms with Crippen LogP contribution in [0.5, 0.6) is 0 Å². The summed E-state index contributed by atoms with van der Waals surface area (Å²) in [4.78, 5) is 27.8. The Kier molecular flexibility index (Phi) is 5.89. The molecule has 0 unspecified atom stereocenters. The molecule has 1 amide bonds. The second-order valence-corrected chi connectivity index (χ2v) is 6.32. The molecule has 0 aromatic heterocycles. The summed E-state index contributed by atoms with van der Waals surface area (Å²) in [6.45, 7) is 4.68.